The van der Waals surface area contributed by atoms with Gasteiger partial charge in [0.1, 0.15) is 12.3 Å². The van der Waals surface area contributed by atoms with Gasteiger partial charge in [-0.1, -0.05) is 19.1 Å². The number of hydrogen-bond acceptors (Lipinski definition) is 3. The number of hydrogen-bond donors (Lipinski definition) is 1. The van der Waals surface area contributed by atoms with Gasteiger partial charge in [0.15, 0.2) is 0 Å². The molecule has 6 nitrogen and oxygen atoms in total. The molecule has 0 saturated heterocycles. The second-order valence-corrected chi connectivity index (χ2v) is 5.79. The van der Waals surface area contributed by atoms with Crippen molar-refractivity contribution in [1.82, 2.24) is 9.13 Å². The first-order valence-corrected chi connectivity index (χ1v) is 8.26. The molecule has 25 heavy (non-hydrogen) atoms. The van der Waals surface area contributed by atoms with Gasteiger partial charge < -0.3 is 10.1 Å². The second kappa shape index (κ2) is 7.25. The smallest absolute Gasteiger partial charge is 0.329 e. The normalized spacial score (nSPS) is 10.8. The molecule has 0 bridgehead atoms. The Balaban J connectivity index is 1.85. The number of anilines is 1. The maximum absolute atomic E-state index is 12.7. The van der Waals surface area contributed by atoms with Crippen LogP contribution in [-0.4, -0.2) is 22.2 Å². The van der Waals surface area contributed by atoms with Crippen molar-refractivity contribution < 1.29 is 9.53 Å². The number of carbonyl (C=O) groups is 1. The molecule has 0 spiro atoms. The molecular formula is C19H21N3O3. The van der Waals surface area contributed by atoms with Crippen molar-refractivity contribution in [3.05, 3.63) is 59.0 Å². The highest BCUT2D eigenvalue weighted by Crippen LogP contribution is 2.16. The van der Waals surface area contributed by atoms with Crippen molar-refractivity contribution in [2.75, 3.05) is 12.4 Å². The maximum atomic E-state index is 12.7. The Morgan fingerprint density at radius 1 is 1.04 bits per heavy atom. The van der Waals surface area contributed by atoms with E-state index in [1.54, 1.807) is 35.9 Å². The predicted molar refractivity (Wildman–Crippen MR) is 98.1 cm³/mol. The molecule has 0 aliphatic carbocycles. The lowest BCUT2D eigenvalue weighted by Crippen LogP contribution is -2.29. The molecule has 0 aliphatic heterocycles. The highest BCUT2D eigenvalue weighted by Gasteiger charge is 2.14. The van der Waals surface area contributed by atoms with E-state index in [0.29, 0.717) is 12.2 Å². The summed E-state index contributed by atoms with van der Waals surface area (Å²) in [4.78, 5) is 25.1. The molecule has 1 aromatic heterocycles. The Morgan fingerprint density at radius 2 is 1.68 bits per heavy atom. The zero-order valence-electron chi connectivity index (χ0n) is 14.4. The number of carbonyl (C=O) groups excluding carboxylic acids is 1. The Kier molecular flexibility index (Phi) is 4.88. The minimum Gasteiger partial charge on any atom is -0.497 e. The Hall–Kier alpha value is -3.02. The van der Waals surface area contributed by atoms with Crippen molar-refractivity contribution in [3.8, 4) is 5.75 Å². The number of ether oxygens (including phenoxy) is 1. The fourth-order valence-electron chi connectivity index (χ4n) is 2.88. The summed E-state index contributed by atoms with van der Waals surface area (Å²) < 4.78 is 8.33. The van der Waals surface area contributed by atoms with E-state index >= 15 is 0 Å². The molecule has 1 N–H and O–H groups in total. The molecule has 0 unspecified atom stereocenters. The van der Waals surface area contributed by atoms with Gasteiger partial charge in [0, 0.05) is 12.2 Å². The van der Waals surface area contributed by atoms with Crippen LogP contribution in [0.3, 0.4) is 0 Å². The van der Waals surface area contributed by atoms with Crippen LogP contribution in [0, 0.1) is 0 Å². The van der Waals surface area contributed by atoms with Crippen molar-refractivity contribution in [1.29, 1.82) is 0 Å². The maximum Gasteiger partial charge on any atom is 0.329 e. The number of nitrogens with zero attached hydrogens (tertiary/aromatic N) is 2. The lowest BCUT2D eigenvalue weighted by molar-refractivity contribution is -0.116. The largest absolute Gasteiger partial charge is 0.497 e. The van der Waals surface area contributed by atoms with E-state index in [-0.39, 0.29) is 18.1 Å². The van der Waals surface area contributed by atoms with E-state index in [1.807, 2.05) is 31.2 Å². The van der Waals surface area contributed by atoms with Crippen LogP contribution in [0.1, 0.15) is 13.3 Å². The highest BCUT2D eigenvalue weighted by molar-refractivity contribution is 5.91. The molecule has 3 aromatic rings. The molecule has 3 rings (SSSR count). The van der Waals surface area contributed by atoms with Gasteiger partial charge in [-0.25, -0.2) is 4.79 Å². The zero-order chi connectivity index (χ0) is 17.8. The lowest BCUT2D eigenvalue weighted by atomic mass is 10.3. The molecule has 6 heteroatoms. The number of amides is 1. The molecule has 0 radical (unpaired) electrons. The topological polar surface area (TPSA) is 65.3 Å². The van der Waals surface area contributed by atoms with Gasteiger partial charge in [-0.2, -0.15) is 0 Å². The molecule has 1 heterocycles. The quantitative estimate of drug-likeness (QED) is 0.751. The summed E-state index contributed by atoms with van der Waals surface area (Å²) in [6.07, 6.45) is 0.853. The van der Waals surface area contributed by atoms with Gasteiger partial charge in [0.25, 0.3) is 0 Å². The molecule has 2 aromatic carbocycles. The van der Waals surface area contributed by atoms with Crippen molar-refractivity contribution >= 4 is 22.6 Å². The van der Waals surface area contributed by atoms with E-state index in [1.165, 1.54) is 4.57 Å². The third-order valence-corrected chi connectivity index (χ3v) is 4.05. The summed E-state index contributed by atoms with van der Waals surface area (Å²) in [6.45, 7) is 2.63. The van der Waals surface area contributed by atoms with E-state index in [0.717, 1.165) is 23.2 Å². The second-order valence-electron chi connectivity index (χ2n) is 5.79. The monoisotopic (exact) mass is 339 g/mol. The molecule has 0 saturated carbocycles. The van der Waals surface area contributed by atoms with E-state index in [4.69, 9.17) is 4.74 Å². The third kappa shape index (κ3) is 3.42. The number of methoxy groups -OCH3 is 1. The average Bonchev–Trinajstić information content (AvgIpc) is 2.89. The molecule has 0 fully saturated rings. The van der Waals surface area contributed by atoms with E-state index in [9.17, 15) is 9.59 Å². The number of fused-ring (bicyclic) bond motifs is 1. The van der Waals surface area contributed by atoms with Crippen LogP contribution < -0.4 is 15.7 Å². The summed E-state index contributed by atoms with van der Waals surface area (Å²) in [5, 5.41) is 2.81. The lowest BCUT2D eigenvalue weighted by Gasteiger charge is -2.07. The van der Waals surface area contributed by atoms with Gasteiger partial charge in [0.05, 0.1) is 18.1 Å². The van der Waals surface area contributed by atoms with Crippen LogP contribution in [0.15, 0.2) is 53.3 Å². The SMILES string of the molecule is CCCn1c(=O)n(CC(=O)Nc2ccc(OC)cc2)c2ccccc21. The molecule has 130 valence electrons. The first-order chi connectivity index (χ1) is 12.1. The van der Waals surface area contributed by atoms with E-state index in [2.05, 4.69) is 5.32 Å². The van der Waals surface area contributed by atoms with Gasteiger partial charge in [-0.3, -0.25) is 13.9 Å². The fraction of sp³-hybridized carbons (Fsp3) is 0.263. The van der Waals surface area contributed by atoms with Gasteiger partial charge in [0.2, 0.25) is 5.91 Å². The third-order valence-electron chi connectivity index (χ3n) is 4.05. The minimum absolute atomic E-state index is 0.0257. The van der Waals surface area contributed by atoms with Gasteiger partial charge in [-0.15, -0.1) is 0 Å². The number of aryl methyl sites for hydroxylation is 1. The first-order valence-electron chi connectivity index (χ1n) is 8.26. The number of rotatable bonds is 6. The fourth-order valence-corrected chi connectivity index (χ4v) is 2.88. The van der Waals surface area contributed by atoms with Crippen molar-refractivity contribution in [3.63, 3.8) is 0 Å². The van der Waals surface area contributed by atoms with Crippen LogP contribution in [0.4, 0.5) is 5.69 Å². The van der Waals surface area contributed by atoms with Gasteiger partial charge in [-0.05, 0) is 42.8 Å². The number of para-hydroxylation sites is 2. The van der Waals surface area contributed by atoms with Crippen molar-refractivity contribution in [2.24, 2.45) is 0 Å². The Bertz CT molecular complexity index is 939. The summed E-state index contributed by atoms with van der Waals surface area (Å²) in [6, 6.07) is 14.6. The molecule has 0 atom stereocenters. The van der Waals surface area contributed by atoms with Crippen molar-refractivity contribution in [2.45, 2.75) is 26.4 Å². The zero-order valence-corrected chi connectivity index (χ0v) is 14.4. The highest BCUT2D eigenvalue weighted by atomic mass is 16.5. The summed E-state index contributed by atoms with van der Waals surface area (Å²) in [5.74, 6) is 0.475. The minimum atomic E-state index is -0.244. The molecule has 1 amide bonds. The number of nitrogens with one attached hydrogen (secondary N) is 1. The first kappa shape index (κ1) is 16.8. The average molecular weight is 339 g/mol. The van der Waals surface area contributed by atoms with Gasteiger partial charge >= 0.3 is 5.69 Å². The van der Waals surface area contributed by atoms with E-state index < -0.39 is 0 Å². The number of imidazole rings is 1. The van der Waals surface area contributed by atoms with Crippen LogP contribution in [-0.2, 0) is 17.9 Å². The van der Waals surface area contributed by atoms with Crippen LogP contribution in [0.25, 0.3) is 11.0 Å². The summed E-state index contributed by atoms with van der Waals surface area (Å²) in [7, 11) is 1.59. The standard InChI is InChI=1S/C19H21N3O3/c1-3-12-21-16-6-4-5-7-17(16)22(19(21)24)13-18(23)20-14-8-10-15(25-2)11-9-14/h4-11H,3,12-13H2,1-2H3,(H,20,23). The van der Waals surface area contributed by atoms with Crippen LogP contribution in [0.5, 0.6) is 5.75 Å². The Labute approximate surface area is 145 Å². The molecule has 0 aliphatic rings. The van der Waals surface area contributed by atoms with Crippen LogP contribution in [0.2, 0.25) is 0 Å². The molecular weight excluding hydrogens is 318 g/mol. The predicted octanol–water partition coefficient (Wildman–Crippen LogP) is 2.86. The Morgan fingerprint density at radius 3 is 2.28 bits per heavy atom. The van der Waals surface area contributed by atoms with Crippen LogP contribution >= 0.6 is 0 Å². The summed E-state index contributed by atoms with van der Waals surface area (Å²) in [5.41, 5.74) is 2.13. The summed E-state index contributed by atoms with van der Waals surface area (Å²) >= 11 is 0. The number of benzene rings is 2. The number of aromatic nitrogens is 2.